The van der Waals surface area contributed by atoms with E-state index in [1.54, 1.807) is 18.5 Å². The van der Waals surface area contributed by atoms with Gasteiger partial charge in [0.05, 0.1) is 22.9 Å². The van der Waals surface area contributed by atoms with Crippen molar-refractivity contribution in [1.82, 2.24) is 35.4 Å². The molecule has 6 rings (SSSR count). The third-order valence-electron chi connectivity index (χ3n) is 7.17. The standard InChI is InChI=1S/C32H33FN8/c1-4-34-15-20-9-23(17-35-16-20)21-5-6-29-27(12-21)32(40-39-29)30-14-26-28(18-36-19-31(26)38-30)22-10-24(33)13-25(11-22)37-7-8-41(2)3/h5-6,9-14,16-19,34,37-38H,4,7-8,15H2,1-3H3,(H,39,40). The lowest BCUT2D eigenvalue weighted by Crippen LogP contribution is -2.20. The van der Waals surface area contributed by atoms with E-state index in [9.17, 15) is 4.39 Å². The molecule has 0 aliphatic rings. The predicted octanol–water partition coefficient (Wildman–Crippen LogP) is 6.06. The minimum atomic E-state index is -0.294. The van der Waals surface area contributed by atoms with E-state index in [2.05, 4.69) is 71.9 Å². The van der Waals surface area contributed by atoms with Crippen molar-refractivity contribution in [1.29, 1.82) is 0 Å². The molecule has 0 aliphatic heterocycles. The summed E-state index contributed by atoms with van der Waals surface area (Å²) < 4.78 is 14.7. The molecule has 4 heterocycles. The zero-order valence-electron chi connectivity index (χ0n) is 23.4. The molecular weight excluding hydrogens is 515 g/mol. The van der Waals surface area contributed by atoms with Crippen molar-refractivity contribution in [2.75, 3.05) is 39.0 Å². The van der Waals surface area contributed by atoms with Crippen LogP contribution in [0.25, 0.3) is 55.4 Å². The van der Waals surface area contributed by atoms with Gasteiger partial charge >= 0.3 is 0 Å². The highest BCUT2D eigenvalue weighted by Gasteiger charge is 2.16. The van der Waals surface area contributed by atoms with Crippen molar-refractivity contribution >= 4 is 27.5 Å². The summed E-state index contributed by atoms with van der Waals surface area (Å²) in [5, 5.41) is 16.5. The van der Waals surface area contributed by atoms with Gasteiger partial charge in [-0.25, -0.2) is 4.39 Å². The SMILES string of the molecule is CCNCc1cncc(-c2ccc3[nH]nc(-c4cc5c(-c6cc(F)cc(NCCN(C)C)c6)cncc5[nH]4)c3c2)c1. The molecule has 41 heavy (non-hydrogen) atoms. The zero-order valence-corrected chi connectivity index (χ0v) is 23.4. The molecule has 6 aromatic rings. The van der Waals surface area contributed by atoms with Gasteiger partial charge in [0.25, 0.3) is 0 Å². The first-order valence-corrected chi connectivity index (χ1v) is 13.8. The number of anilines is 1. The summed E-state index contributed by atoms with van der Waals surface area (Å²) in [6.07, 6.45) is 7.36. The average molecular weight is 549 g/mol. The molecule has 8 nitrogen and oxygen atoms in total. The number of H-pyrrole nitrogens is 2. The number of hydrogen-bond acceptors (Lipinski definition) is 6. The zero-order chi connectivity index (χ0) is 28.3. The smallest absolute Gasteiger partial charge is 0.125 e. The second-order valence-corrected chi connectivity index (χ2v) is 10.5. The predicted molar refractivity (Wildman–Crippen MR) is 164 cm³/mol. The maximum absolute atomic E-state index is 14.7. The van der Waals surface area contributed by atoms with Crippen molar-refractivity contribution in [2.24, 2.45) is 0 Å². The number of rotatable bonds is 10. The molecule has 0 fully saturated rings. The Bertz CT molecular complexity index is 1820. The second kappa shape index (κ2) is 11.5. The van der Waals surface area contributed by atoms with E-state index < -0.39 is 0 Å². The Labute approximate surface area is 238 Å². The molecule has 0 saturated carbocycles. The lowest BCUT2D eigenvalue weighted by atomic mass is 10.0. The molecule has 0 spiro atoms. The molecule has 0 amide bonds. The van der Waals surface area contributed by atoms with Gasteiger partial charge in [-0.15, -0.1) is 0 Å². The Morgan fingerprint density at radius 3 is 2.59 bits per heavy atom. The van der Waals surface area contributed by atoms with Gasteiger partial charge in [-0.3, -0.25) is 15.1 Å². The van der Waals surface area contributed by atoms with Crippen LogP contribution in [-0.4, -0.2) is 63.8 Å². The largest absolute Gasteiger partial charge is 0.384 e. The molecule has 0 bridgehead atoms. The minimum absolute atomic E-state index is 0.294. The molecule has 2 aromatic carbocycles. The maximum atomic E-state index is 14.7. The summed E-state index contributed by atoms with van der Waals surface area (Å²) in [6, 6.07) is 15.5. The fourth-order valence-corrected chi connectivity index (χ4v) is 5.09. The Kier molecular flexibility index (Phi) is 7.45. The van der Waals surface area contributed by atoms with Crippen LogP contribution in [0.4, 0.5) is 10.1 Å². The Hall–Kier alpha value is -4.60. The van der Waals surface area contributed by atoms with Crippen LogP contribution >= 0.6 is 0 Å². The number of benzene rings is 2. The van der Waals surface area contributed by atoms with Crippen molar-refractivity contribution < 1.29 is 4.39 Å². The number of fused-ring (bicyclic) bond motifs is 2. The highest BCUT2D eigenvalue weighted by Crippen LogP contribution is 2.35. The number of hydrogen-bond donors (Lipinski definition) is 4. The van der Waals surface area contributed by atoms with Crippen LogP contribution in [0, 0.1) is 5.82 Å². The van der Waals surface area contributed by atoms with E-state index in [-0.39, 0.29) is 5.82 Å². The summed E-state index contributed by atoms with van der Waals surface area (Å²) >= 11 is 0. The van der Waals surface area contributed by atoms with Gasteiger partial charge in [-0.05, 0) is 79.8 Å². The number of nitrogens with one attached hydrogen (secondary N) is 4. The lowest BCUT2D eigenvalue weighted by Gasteiger charge is -2.13. The van der Waals surface area contributed by atoms with E-state index in [0.717, 1.165) is 92.9 Å². The highest BCUT2D eigenvalue weighted by atomic mass is 19.1. The van der Waals surface area contributed by atoms with E-state index in [0.29, 0.717) is 0 Å². The lowest BCUT2D eigenvalue weighted by molar-refractivity contribution is 0.425. The van der Waals surface area contributed by atoms with Crippen molar-refractivity contribution in [3.8, 4) is 33.6 Å². The first kappa shape index (κ1) is 26.6. The summed E-state index contributed by atoms with van der Waals surface area (Å²) in [5.74, 6) is -0.294. The molecule has 208 valence electrons. The van der Waals surface area contributed by atoms with Gasteiger partial charge in [0.15, 0.2) is 0 Å². The first-order valence-electron chi connectivity index (χ1n) is 13.8. The normalized spacial score (nSPS) is 11.6. The minimum Gasteiger partial charge on any atom is -0.384 e. The summed E-state index contributed by atoms with van der Waals surface area (Å²) in [6.45, 7) is 5.35. The topological polar surface area (TPSA) is 97.5 Å². The quantitative estimate of drug-likeness (QED) is 0.166. The summed E-state index contributed by atoms with van der Waals surface area (Å²) in [5.41, 5.74) is 9.09. The Balaban J connectivity index is 1.37. The molecule has 0 unspecified atom stereocenters. The third kappa shape index (κ3) is 5.68. The number of nitrogens with zero attached hydrogens (tertiary/aromatic N) is 4. The number of halogens is 1. The van der Waals surface area contributed by atoms with Gasteiger partial charge in [0.2, 0.25) is 0 Å². The van der Waals surface area contributed by atoms with Gasteiger partial charge in [0.1, 0.15) is 11.5 Å². The van der Waals surface area contributed by atoms with Gasteiger partial charge < -0.3 is 20.5 Å². The molecule has 0 aliphatic carbocycles. The third-order valence-corrected chi connectivity index (χ3v) is 7.17. The van der Waals surface area contributed by atoms with Crippen LogP contribution in [0.3, 0.4) is 0 Å². The van der Waals surface area contributed by atoms with Gasteiger partial charge in [0, 0.05) is 65.8 Å². The first-order chi connectivity index (χ1) is 20.0. The van der Waals surface area contributed by atoms with Crippen LogP contribution in [-0.2, 0) is 6.54 Å². The number of aromatic amines is 2. The van der Waals surface area contributed by atoms with Crippen molar-refractivity contribution in [2.45, 2.75) is 13.5 Å². The highest BCUT2D eigenvalue weighted by molar-refractivity contribution is 6.01. The van der Waals surface area contributed by atoms with Crippen LogP contribution in [0.15, 0.2) is 73.3 Å². The monoisotopic (exact) mass is 548 g/mol. The van der Waals surface area contributed by atoms with Crippen LogP contribution < -0.4 is 10.6 Å². The van der Waals surface area contributed by atoms with E-state index in [1.165, 1.54) is 6.07 Å². The van der Waals surface area contributed by atoms with E-state index >= 15 is 0 Å². The van der Waals surface area contributed by atoms with Crippen LogP contribution in [0.2, 0.25) is 0 Å². The van der Waals surface area contributed by atoms with Crippen LogP contribution in [0.1, 0.15) is 12.5 Å². The maximum Gasteiger partial charge on any atom is 0.125 e. The van der Waals surface area contributed by atoms with Crippen LogP contribution in [0.5, 0.6) is 0 Å². The fourth-order valence-electron chi connectivity index (χ4n) is 5.09. The van der Waals surface area contributed by atoms with Crippen molar-refractivity contribution in [3.05, 3.63) is 84.7 Å². The molecule has 0 atom stereocenters. The van der Waals surface area contributed by atoms with E-state index in [4.69, 9.17) is 0 Å². The summed E-state index contributed by atoms with van der Waals surface area (Å²) in [7, 11) is 4.03. The number of aromatic nitrogens is 5. The fraction of sp³-hybridized carbons (Fsp3) is 0.219. The molecule has 0 radical (unpaired) electrons. The molecule has 9 heteroatoms. The van der Waals surface area contributed by atoms with E-state index in [1.807, 2.05) is 38.6 Å². The molecule has 0 saturated heterocycles. The van der Waals surface area contributed by atoms with Gasteiger partial charge in [-0.2, -0.15) is 5.10 Å². The average Bonchev–Trinajstić information content (AvgIpc) is 3.59. The number of pyridine rings is 2. The summed E-state index contributed by atoms with van der Waals surface area (Å²) in [4.78, 5) is 14.5. The molecule has 4 aromatic heterocycles. The molecule has 4 N–H and O–H groups in total. The van der Waals surface area contributed by atoms with Crippen molar-refractivity contribution in [3.63, 3.8) is 0 Å². The molecular formula is C32H33FN8. The van der Waals surface area contributed by atoms with Gasteiger partial charge in [-0.1, -0.05) is 13.0 Å². The Morgan fingerprint density at radius 1 is 0.854 bits per heavy atom. The Morgan fingerprint density at radius 2 is 1.73 bits per heavy atom. The number of likely N-dealkylation sites (N-methyl/N-ethyl adjacent to an activating group) is 1. The second-order valence-electron chi connectivity index (χ2n) is 10.5.